The van der Waals surface area contributed by atoms with Crippen molar-refractivity contribution in [2.75, 3.05) is 12.4 Å². The summed E-state index contributed by atoms with van der Waals surface area (Å²) in [5.74, 6) is -0.0461. The molecule has 1 aromatic heterocycles. The first-order valence-corrected chi connectivity index (χ1v) is 10.8. The lowest BCUT2D eigenvalue weighted by Crippen LogP contribution is -2.47. The predicted octanol–water partition coefficient (Wildman–Crippen LogP) is 3.40. The molecule has 0 saturated heterocycles. The molecule has 3 rings (SSSR count). The quantitative estimate of drug-likeness (QED) is 0.489. The summed E-state index contributed by atoms with van der Waals surface area (Å²) in [6.07, 6.45) is 0.634. The molecule has 0 aliphatic rings. The fourth-order valence-electron chi connectivity index (χ4n) is 3.38. The van der Waals surface area contributed by atoms with E-state index in [1.807, 2.05) is 20.8 Å². The van der Waals surface area contributed by atoms with E-state index in [4.69, 9.17) is 4.74 Å². The van der Waals surface area contributed by atoms with Crippen molar-refractivity contribution in [3.63, 3.8) is 0 Å². The topological polar surface area (TPSA) is 113 Å². The number of aromatic amines is 1. The first-order chi connectivity index (χ1) is 15.8. The molecular weight excluding hydrogens is 420 g/mol. The molecule has 0 aliphatic heterocycles. The number of carbonyl (C=O) groups excluding carboxylic acids is 2. The zero-order valence-electron chi connectivity index (χ0n) is 19.1. The van der Waals surface area contributed by atoms with Crippen molar-refractivity contribution >= 4 is 17.5 Å². The molecular formula is C25H28N4O4. The highest BCUT2D eigenvalue weighted by Gasteiger charge is 2.26. The maximum absolute atomic E-state index is 13.0. The van der Waals surface area contributed by atoms with E-state index >= 15 is 0 Å². The van der Waals surface area contributed by atoms with Crippen LogP contribution in [0.1, 0.15) is 36.8 Å². The highest BCUT2D eigenvalue weighted by molar-refractivity contribution is 6.02. The van der Waals surface area contributed by atoms with Crippen LogP contribution in [0.25, 0.3) is 11.4 Å². The molecule has 3 N–H and O–H groups in total. The summed E-state index contributed by atoms with van der Waals surface area (Å²) in [4.78, 5) is 45.0. The number of aromatic nitrogens is 2. The van der Waals surface area contributed by atoms with Gasteiger partial charge in [-0.05, 0) is 36.6 Å². The van der Waals surface area contributed by atoms with Gasteiger partial charge in [-0.3, -0.25) is 14.4 Å². The van der Waals surface area contributed by atoms with Crippen LogP contribution in [0.2, 0.25) is 0 Å². The SMILES string of the molecule is CCc1cc(=O)[nH]c(-c2cccc(NC(=O)C(NC(=O)c3ccccc3OC)C(C)C)c2)n1. The van der Waals surface area contributed by atoms with Crippen LogP contribution in [0.3, 0.4) is 0 Å². The highest BCUT2D eigenvalue weighted by Crippen LogP contribution is 2.21. The van der Waals surface area contributed by atoms with Crippen LogP contribution in [0, 0.1) is 5.92 Å². The molecule has 1 atom stereocenters. The normalized spacial score (nSPS) is 11.7. The van der Waals surface area contributed by atoms with Crippen molar-refractivity contribution in [2.45, 2.75) is 33.2 Å². The summed E-state index contributed by atoms with van der Waals surface area (Å²) >= 11 is 0. The smallest absolute Gasteiger partial charge is 0.255 e. The number of para-hydroxylation sites is 1. The Bertz CT molecular complexity index is 1200. The van der Waals surface area contributed by atoms with Crippen LogP contribution in [-0.4, -0.2) is 34.9 Å². The molecule has 1 unspecified atom stereocenters. The third-order valence-electron chi connectivity index (χ3n) is 5.15. The molecule has 33 heavy (non-hydrogen) atoms. The number of hydrogen-bond donors (Lipinski definition) is 3. The number of hydrogen-bond acceptors (Lipinski definition) is 5. The van der Waals surface area contributed by atoms with Crippen molar-refractivity contribution < 1.29 is 14.3 Å². The van der Waals surface area contributed by atoms with Crippen LogP contribution in [-0.2, 0) is 11.2 Å². The summed E-state index contributed by atoms with van der Waals surface area (Å²) in [7, 11) is 1.49. The third kappa shape index (κ3) is 5.85. The molecule has 172 valence electrons. The Morgan fingerprint density at radius 3 is 2.55 bits per heavy atom. The second-order valence-corrected chi connectivity index (χ2v) is 7.90. The zero-order chi connectivity index (χ0) is 24.0. The Hall–Kier alpha value is -3.94. The monoisotopic (exact) mass is 448 g/mol. The van der Waals surface area contributed by atoms with E-state index in [9.17, 15) is 14.4 Å². The molecule has 0 bridgehead atoms. The fourth-order valence-corrected chi connectivity index (χ4v) is 3.38. The van der Waals surface area contributed by atoms with Gasteiger partial charge in [-0.1, -0.05) is 45.0 Å². The summed E-state index contributed by atoms with van der Waals surface area (Å²) in [5, 5.41) is 5.66. The van der Waals surface area contributed by atoms with Gasteiger partial charge in [-0.25, -0.2) is 4.98 Å². The van der Waals surface area contributed by atoms with Crippen molar-refractivity contribution in [1.82, 2.24) is 15.3 Å². The maximum Gasteiger partial charge on any atom is 0.255 e. The fraction of sp³-hybridized carbons (Fsp3) is 0.280. The standard InChI is InChI=1S/C25H28N4O4/c1-5-17-14-21(30)28-23(26-17)16-9-8-10-18(13-16)27-25(32)22(15(2)3)29-24(31)19-11-6-7-12-20(19)33-4/h6-15,22H,5H2,1-4H3,(H,27,32)(H,29,31)(H,26,28,30). The lowest BCUT2D eigenvalue weighted by molar-refractivity contribution is -0.118. The second kappa shape index (κ2) is 10.6. The van der Waals surface area contributed by atoms with Gasteiger partial charge in [-0.2, -0.15) is 0 Å². The van der Waals surface area contributed by atoms with E-state index in [2.05, 4.69) is 20.6 Å². The number of amides is 2. The lowest BCUT2D eigenvalue weighted by atomic mass is 10.0. The van der Waals surface area contributed by atoms with Crippen LogP contribution in [0.4, 0.5) is 5.69 Å². The molecule has 0 saturated carbocycles. The van der Waals surface area contributed by atoms with E-state index in [0.29, 0.717) is 40.5 Å². The molecule has 8 nitrogen and oxygen atoms in total. The van der Waals surface area contributed by atoms with E-state index in [-0.39, 0.29) is 17.4 Å². The Labute approximate surface area is 192 Å². The second-order valence-electron chi connectivity index (χ2n) is 7.90. The summed E-state index contributed by atoms with van der Waals surface area (Å²) in [6, 6.07) is 14.6. The summed E-state index contributed by atoms with van der Waals surface area (Å²) < 4.78 is 5.25. The van der Waals surface area contributed by atoms with Crippen molar-refractivity contribution in [1.29, 1.82) is 0 Å². The number of methoxy groups -OCH3 is 1. The van der Waals surface area contributed by atoms with Crippen LogP contribution >= 0.6 is 0 Å². The third-order valence-corrected chi connectivity index (χ3v) is 5.15. The van der Waals surface area contributed by atoms with Crippen molar-refractivity contribution in [2.24, 2.45) is 5.92 Å². The Balaban J connectivity index is 1.80. The predicted molar refractivity (Wildman–Crippen MR) is 127 cm³/mol. The number of benzene rings is 2. The number of ether oxygens (including phenoxy) is 1. The molecule has 3 aromatic rings. The van der Waals surface area contributed by atoms with Gasteiger partial charge in [0.25, 0.3) is 11.5 Å². The number of aryl methyl sites for hydroxylation is 1. The number of nitrogens with zero attached hydrogens (tertiary/aromatic N) is 1. The maximum atomic E-state index is 13.0. The Morgan fingerprint density at radius 2 is 1.85 bits per heavy atom. The van der Waals surface area contributed by atoms with E-state index in [1.54, 1.807) is 48.5 Å². The Kier molecular flexibility index (Phi) is 7.61. The average Bonchev–Trinajstić information content (AvgIpc) is 2.81. The number of nitrogens with one attached hydrogen (secondary N) is 3. The first kappa shape index (κ1) is 23.7. The number of carbonyl (C=O) groups is 2. The minimum absolute atomic E-state index is 0.161. The number of H-pyrrole nitrogens is 1. The lowest BCUT2D eigenvalue weighted by Gasteiger charge is -2.22. The number of rotatable bonds is 8. The van der Waals surface area contributed by atoms with Gasteiger partial charge >= 0.3 is 0 Å². The van der Waals surface area contributed by atoms with Gasteiger partial charge in [0.05, 0.1) is 12.7 Å². The van der Waals surface area contributed by atoms with Gasteiger partial charge < -0.3 is 20.4 Å². The molecule has 2 aromatic carbocycles. The number of anilines is 1. The van der Waals surface area contributed by atoms with E-state index in [0.717, 1.165) is 0 Å². The van der Waals surface area contributed by atoms with Crippen LogP contribution < -0.4 is 20.9 Å². The average molecular weight is 449 g/mol. The largest absolute Gasteiger partial charge is 0.496 e. The van der Waals surface area contributed by atoms with Gasteiger partial charge in [0.1, 0.15) is 17.6 Å². The highest BCUT2D eigenvalue weighted by atomic mass is 16.5. The molecule has 0 aliphatic carbocycles. The van der Waals surface area contributed by atoms with Gasteiger partial charge in [0.15, 0.2) is 0 Å². The first-order valence-electron chi connectivity index (χ1n) is 10.8. The van der Waals surface area contributed by atoms with Crippen molar-refractivity contribution in [3.8, 4) is 17.1 Å². The molecule has 1 heterocycles. The van der Waals surface area contributed by atoms with Gasteiger partial charge in [0.2, 0.25) is 5.91 Å². The summed E-state index contributed by atoms with van der Waals surface area (Å²) in [6.45, 7) is 5.63. The van der Waals surface area contributed by atoms with Crippen LogP contribution in [0.15, 0.2) is 59.4 Å². The van der Waals surface area contributed by atoms with Crippen molar-refractivity contribution in [3.05, 3.63) is 76.2 Å². The van der Waals surface area contributed by atoms with Gasteiger partial charge in [-0.15, -0.1) is 0 Å². The van der Waals surface area contributed by atoms with E-state index in [1.165, 1.54) is 13.2 Å². The minimum Gasteiger partial charge on any atom is -0.496 e. The Morgan fingerprint density at radius 1 is 1.09 bits per heavy atom. The molecule has 0 radical (unpaired) electrons. The zero-order valence-corrected chi connectivity index (χ0v) is 19.1. The van der Waals surface area contributed by atoms with Crippen LogP contribution in [0.5, 0.6) is 5.75 Å². The molecule has 0 fully saturated rings. The van der Waals surface area contributed by atoms with E-state index < -0.39 is 11.9 Å². The van der Waals surface area contributed by atoms with Gasteiger partial charge in [0, 0.05) is 23.0 Å². The molecule has 8 heteroatoms. The molecule has 2 amide bonds. The molecule has 0 spiro atoms. The minimum atomic E-state index is -0.771. The summed E-state index contributed by atoms with van der Waals surface area (Å²) in [5.41, 5.74) is 2.00.